The molecule has 33 heavy (non-hydrogen) atoms. The van der Waals surface area contributed by atoms with E-state index < -0.39 is 28.3 Å². The van der Waals surface area contributed by atoms with Crippen molar-refractivity contribution < 1.29 is 22.3 Å². The maximum absolute atomic E-state index is 13.5. The summed E-state index contributed by atoms with van der Waals surface area (Å²) >= 11 is 0. The number of carbonyl (C=O) groups is 1. The molecule has 0 fully saturated rings. The van der Waals surface area contributed by atoms with Crippen LogP contribution in [0.3, 0.4) is 0 Å². The molecule has 1 amide bonds. The fraction of sp³-hybridized carbons (Fsp3) is 0.240. The molecule has 0 aliphatic heterocycles. The van der Waals surface area contributed by atoms with Gasteiger partial charge >= 0.3 is 0 Å². The van der Waals surface area contributed by atoms with Crippen LogP contribution in [0.4, 0.5) is 10.1 Å². The van der Waals surface area contributed by atoms with Gasteiger partial charge in [0.25, 0.3) is 10.0 Å². The van der Waals surface area contributed by atoms with E-state index >= 15 is 0 Å². The second-order valence-electron chi connectivity index (χ2n) is 7.59. The highest BCUT2D eigenvalue weighted by Gasteiger charge is 2.28. The predicted molar refractivity (Wildman–Crippen MR) is 126 cm³/mol. The molecule has 0 aliphatic rings. The Morgan fingerprint density at radius 1 is 1.00 bits per heavy atom. The Hall–Kier alpha value is -3.39. The van der Waals surface area contributed by atoms with Crippen molar-refractivity contribution in [3.8, 4) is 5.75 Å². The normalized spacial score (nSPS) is 12.1. The van der Waals surface area contributed by atoms with Gasteiger partial charge in [0.05, 0.1) is 23.2 Å². The summed E-state index contributed by atoms with van der Waals surface area (Å²) < 4.78 is 46.7. The van der Waals surface area contributed by atoms with E-state index in [1.165, 1.54) is 24.3 Å². The van der Waals surface area contributed by atoms with Crippen molar-refractivity contribution in [3.63, 3.8) is 0 Å². The zero-order chi connectivity index (χ0) is 24.0. The smallest absolute Gasteiger partial charge is 0.264 e. The van der Waals surface area contributed by atoms with E-state index in [2.05, 4.69) is 5.32 Å². The third kappa shape index (κ3) is 6.10. The highest BCUT2D eigenvalue weighted by atomic mass is 32.2. The number of nitrogens with zero attached hydrogens (tertiary/aromatic N) is 1. The van der Waals surface area contributed by atoms with Crippen molar-refractivity contribution in [1.82, 2.24) is 5.32 Å². The van der Waals surface area contributed by atoms with Crippen LogP contribution in [0.5, 0.6) is 5.75 Å². The van der Waals surface area contributed by atoms with Crippen LogP contribution in [-0.4, -0.2) is 27.5 Å². The van der Waals surface area contributed by atoms with Gasteiger partial charge in [0.15, 0.2) is 0 Å². The monoisotopic (exact) mass is 470 g/mol. The number of benzene rings is 3. The van der Waals surface area contributed by atoms with E-state index in [-0.39, 0.29) is 16.6 Å². The molecule has 6 nitrogen and oxygen atoms in total. The lowest BCUT2D eigenvalue weighted by Crippen LogP contribution is -2.41. The Bertz CT molecular complexity index is 1180. The molecule has 0 heterocycles. The molecule has 0 spiro atoms. The topological polar surface area (TPSA) is 75.7 Å². The summed E-state index contributed by atoms with van der Waals surface area (Å²) in [4.78, 5) is 12.8. The standard InChI is InChI=1S/C25H27FN2O4S/c1-4-32-23-13-15-24(16-14-23)33(30,31)28(22-11-9-21(26)10-12-22)17-25(29)27-19(3)20-7-5-18(2)6-8-20/h5-16,19H,4,17H2,1-3H3,(H,27,29). The number of anilines is 1. The van der Waals surface area contributed by atoms with E-state index in [0.717, 1.165) is 27.6 Å². The summed E-state index contributed by atoms with van der Waals surface area (Å²) in [5, 5.41) is 2.84. The molecule has 1 unspecified atom stereocenters. The van der Waals surface area contributed by atoms with Gasteiger partial charge < -0.3 is 10.1 Å². The Morgan fingerprint density at radius 2 is 1.61 bits per heavy atom. The van der Waals surface area contributed by atoms with Gasteiger partial charge in [-0.3, -0.25) is 9.10 Å². The van der Waals surface area contributed by atoms with Gasteiger partial charge in [-0.2, -0.15) is 0 Å². The molecule has 3 aromatic carbocycles. The third-order valence-corrected chi connectivity index (χ3v) is 6.87. The minimum absolute atomic E-state index is 0.00494. The van der Waals surface area contributed by atoms with Gasteiger partial charge in [-0.25, -0.2) is 12.8 Å². The molecule has 0 bridgehead atoms. The zero-order valence-electron chi connectivity index (χ0n) is 18.8. The number of aryl methyl sites for hydroxylation is 1. The molecule has 0 saturated heterocycles. The van der Waals surface area contributed by atoms with Crippen LogP contribution in [0.25, 0.3) is 0 Å². The molecule has 1 N–H and O–H groups in total. The summed E-state index contributed by atoms with van der Waals surface area (Å²) in [7, 11) is -4.11. The van der Waals surface area contributed by atoms with Crippen molar-refractivity contribution in [3.05, 3.63) is 89.7 Å². The lowest BCUT2D eigenvalue weighted by atomic mass is 10.1. The van der Waals surface area contributed by atoms with Crippen LogP contribution in [0, 0.1) is 12.7 Å². The summed E-state index contributed by atoms with van der Waals surface area (Å²) in [6.45, 7) is 5.62. The number of halogens is 1. The minimum atomic E-state index is -4.11. The van der Waals surface area contributed by atoms with Gasteiger partial charge in [0.2, 0.25) is 5.91 Å². The number of carbonyl (C=O) groups excluding carboxylic acids is 1. The molecule has 174 valence electrons. The molecular formula is C25H27FN2O4S. The summed E-state index contributed by atoms with van der Waals surface area (Å²) in [5.41, 5.74) is 2.18. The van der Waals surface area contributed by atoms with Crippen LogP contribution in [0.1, 0.15) is 31.0 Å². The lowest BCUT2D eigenvalue weighted by Gasteiger charge is -2.25. The van der Waals surface area contributed by atoms with Crippen molar-refractivity contribution in [2.24, 2.45) is 0 Å². The number of rotatable bonds is 9. The Kier molecular flexibility index (Phi) is 7.71. The van der Waals surface area contributed by atoms with Crippen LogP contribution in [0.2, 0.25) is 0 Å². The fourth-order valence-electron chi connectivity index (χ4n) is 3.28. The van der Waals surface area contributed by atoms with Gasteiger partial charge in [-0.15, -0.1) is 0 Å². The van der Waals surface area contributed by atoms with Crippen molar-refractivity contribution >= 4 is 21.6 Å². The molecule has 3 rings (SSSR count). The first-order chi connectivity index (χ1) is 15.7. The zero-order valence-corrected chi connectivity index (χ0v) is 19.6. The van der Waals surface area contributed by atoms with Gasteiger partial charge in [-0.1, -0.05) is 29.8 Å². The van der Waals surface area contributed by atoms with Crippen LogP contribution >= 0.6 is 0 Å². The van der Waals surface area contributed by atoms with E-state index in [1.54, 1.807) is 12.1 Å². The Labute approximate surface area is 194 Å². The third-order valence-electron chi connectivity index (χ3n) is 5.08. The number of hydrogen-bond donors (Lipinski definition) is 1. The number of sulfonamides is 1. The molecule has 1 atom stereocenters. The first kappa shape index (κ1) is 24.3. The van der Waals surface area contributed by atoms with E-state index in [9.17, 15) is 17.6 Å². The minimum Gasteiger partial charge on any atom is -0.494 e. The quantitative estimate of drug-likeness (QED) is 0.496. The number of ether oxygens (including phenoxy) is 1. The molecule has 0 radical (unpaired) electrons. The molecule has 3 aromatic rings. The highest BCUT2D eigenvalue weighted by Crippen LogP contribution is 2.25. The molecule has 0 aliphatic carbocycles. The van der Waals surface area contributed by atoms with Crippen LogP contribution in [0.15, 0.2) is 77.7 Å². The SMILES string of the molecule is CCOc1ccc(S(=O)(=O)N(CC(=O)NC(C)c2ccc(C)cc2)c2ccc(F)cc2)cc1. The molecule has 0 aromatic heterocycles. The number of hydrogen-bond acceptors (Lipinski definition) is 4. The van der Waals surface area contributed by atoms with Gasteiger partial charge in [0, 0.05) is 0 Å². The fourth-order valence-corrected chi connectivity index (χ4v) is 4.70. The van der Waals surface area contributed by atoms with Crippen LogP contribution < -0.4 is 14.4 Å². The number of nitrogens with one attached hydrogen (secondary N) is 1. The largest absolute Gasteiger partial charge is 0.494 e. The Morgan fingerprint density at radius 3 is 2.18 bits per heavy atom. The predicted octanol–water partition coefficient (Wildman–Crippen LogP) is 4.61. The van der Waals surface area contributed by atoms with E-state index in [4.69, 9.17) is 4.74 Å². The first-order valence-corrected chi connectivity index (χ1v) is 12.0. The summed E-state index contributed by atoms with van der Waals surface area (Å²) in [6.07, 6.45) is 0. The number of amides is 1. The van der Waals surface area contributed by atoms with E-state index in [1.807, 2.05) is 45.0 Å². The second kappa shape index (κ2) is 10.5. The van der Waals surface area contributed by atoms with Crippen molar-refractivity contribution in [2.45, 2.75) is 31.7 Å². The van der Waals surface area contributed by atoms with Crippen LogP contribution in [-0.2, 0) is 14.8 Å². The maximum atomic E-state index is 13.5. The first-order valence-electron chi connectivity index (χ1n) is 10.6. The highest BCUT2D eigenvalue weighted by molar-refractivity contribution is 7.92. The van der Waals surface area contributed by atoms with Gasteiger partial charge in [-0.05, 0) is 74.9 Å². The maximum Gasteiger partial charge on any atom is 0.264 e. The summed E-state index contributed by atoms with van der Waals surface area (Å²) in [6, 6.07) is 18.3. The average Bonchev–Trinajstić information content (AvgIpc) is 2.79. The Balaban J connectivity index is 1.87. The average molecular weight is 471 g/mol. The van der Waals surface area contributed by atoms with Crippen molar-refractivity contribution in [2.75, 3.05) is 17.5 Å². The van der Waals surface area contributed by atoms with Crippen molar-refractivity contribution in [1.29, 1.82) is 0 Å². The lowest BCUT2D eigenvalue weighted by molar-refractivity contribution is -0.120. The summed E-state index contributed by atoms with van der Waals surface area (Å²) in [5.74, 6) is -0.453. The van der Waals surface area contributed by atoms with E-state index in [0.29, 0.717) is 12.4 Å². The van der Waals surface area contributed by atoms with Gasteiger partial charge in [0.1, 0.15) is 18.1 Å². The second-order valence-corrected chi connectivity index (χ2v) is 9.45. The molecule has 8 heteroatoms. The molecule has 0 saturated carbocycles. The molecular weight excluding hydrogens is 443 g/mol.